The van der Waals surface area contributed by atoms with Gasteiger partial charge in [0.25, 0.3) is 0 Å². The maximum absolute atomic E-state index is 12.9. The second kappa shape index (κ2) is 6.57. The van der Waals surface area contributed by atoms with Crippen molar-refractivity contribution >= 4 is 23.1 Å². The molecule has 0 aliphatic carbocycles. The molecular formula is C18H17F3N4O2. The minimum Gasteiger partial charge on any atom is -0.478 e. The average Bonchev–Trinajstić information content (AvgIpc) is 3.11. The Morgan fingerprint density at radius 3 is 2.67 bits per heavy atom. The first kappa shape index (κ1) is 18.7. The van der Waals surface area contributed by atoms with E-state index in [0.29, 0.717) is 34.5 Å². The van der Waals surface area contributed by atoms with Gasteiger partial charge in [0.2, 0.25) is 0 Å². The first-order valence-corrected chi connectivity index (χ1v) is 8.15. The van der Waals surface area contributed by atoms with Crippen LogP contribution < -0.4 is 0 Å². The van der Waals surface area contributed by atoms with Crippen molar-refractivity contribution < 1.29 is 23.1 Å². The number of carboxylic acids is 1. The van der Waals surface area contributed by atoms with Gasteiger partial charge in [0.05, 0.1) is 11.3 Å². The van der Waals surface area contributed by atoms with Gasteiger partial charge < -0.3 is 5.11 Å². The molecule has 0 aliphatic rings. The average molecular weight is 378 g/mol. The van der Waals surface area contributed by atoms with Crippen molar-refractivity contribution in [1.82, 2.24) is 19.3 Å². The zero-order valence-electron chi connectivity index (χ0n) is 14.9. The lowest BCUT2D eigenvalue weighted by Gasteiger charge is -2.09. The Kier molecular flexibility index (Phi) is 4.54. The number of aromatic nitrogens is 4. The van der Waals surface area contributed by atoms with Crippen LogP contribution in [-0.4, -0.2) is 30.4 Å². The topological polar surface area (TPSA) is 72.9 Å². The Balaban J connectivity index is 2.22. The van der Waals surface area contributed by atoms with Crippen molar-refractivity contribution in [2.45, 2.75) is 26.4 Å². The van der Waals surface area contributed by atoms with Crippen molar-refractivity contribution in [1.29, 1.82) is 0 Å². The number of carboxylic acid groups (broad SMARTS) is 1. The van der Waals surface area contributed by atoms with Crippen LogP contribution in [0, 0.1) is 6.92 Å². The fourth-order valence-electron chi connectivity index (χ4n) is 2.96. The Morgan fingerprint density at radius 2 is 2.07 bits per heavy atom. The third-order valence-electron chi connectivity index (χ3n) is 4.29. The monoisotopic (exact) mass is 378 g/mol. The van der Waals surface area contributed by atoms with E-state index in [-0.39, 0.29) is 5.57 Å². The van der Waals surface area contributed by atoms with Gasteiger partial charge in [-0.1, -0.05) is 6.92 Å². The molecule has 0 aromatic carbocycles. The van der Waals surface area contributed by atoms with E-state index in [9.17, 15) is 23.1 Å². The maximum Gasteiger partial charge on any atom is 0.417 e. The van der Waals surface area contributed by atoms with Gasteiger partial charge in [-0.15, -0.1) is 0 Å². The molecule has 0 amide bonds. The van der Waals surface area contributed by atoms with Crippen LogP contribution in [0.4, 0.5) is 13.2 Å². The summed E-state index contributed by atoms with van der Waals surface area (Å²) >= 11 is 0. The van der Waals surface area contributed by atoms with Crippen LogP contribution in [0.15, 0.2) is 30.1 Å². The molecule has 0 aliphatic heterocycles. The molecule has 3 heterocycles. The number of halogens is 3. The summed E-state index contributed by atoms with van der Waals surface area (Å²) in [6.07, 6.45) is -0.235. The molecule has 9 heteroatoms. The SMILES string of the molecule is CC/C(=C\c1c(C)nn(C)c1-n1ccc2cc(C(F)(F)F)cnc21)C(=O)O. The highest BCUT2D eigenvalue weighted by Gasteiger charge is 2.31. The summed E-state index contributed by atoms with van der Waals surface area (Å²) in [5, 5.41) is 14.0. The normalized spacial score (nSPS) is 12.7. The molecule has 0 radical (unpaired) electrons. The zero-order valence-corrected chi connectivity index (χ0v) is 14.9. The number of hydrogen-bond donors (Lipinski definition) is 1. The largest absolute Gasteiger partial charge is 0.478 e. The van der Waals surface area contributed by atoms with Gasteiger partial charge in [0, 0.05) is 36.0 Å². The highest BCUT2D eigenvalue weighted by Crippen LogP contribution is 2.32. The van der Waals surface area contributed by atoms with Crippen LogP contribution in [0.3, 0.4) is 0 Å². The summed E-state index contributed by atoms with van der Waals surface area (Å²) < 4.78 is 41.9. The molecule has 0 saturated carbocycles. The van der Waals surface area contributed by atoms with Crippen molar-refractivity contribution in [3.05, 3.63) is 46.9 Å². The van der Waals surface area contributed by atoms with Gasteiger partial charge in [-0.2, -0.15) is 18.3 Å². The number of pyridine rings is 1. The predicted octanol–water partition coefficient (Wildman–Crippen LogP) is 3.96. The minimum absolute atomic E-state index is 0.205. The third-order valence-corrected chi connectivity index (χ3v) is 4.29. The Morgan fingerprint density at radius 1 is 1.37 bits per heavy atom. The smallest absolute Gasteiger partial charge is 0.417 e. The van der Waals surface area contributed by atoms with Crippen LogP contribution >= 0.6 is 0 Å². The highest BCUT2D eigenvalue weighted by atomic mass is 19.4. The Labute approximate surface area is 152 Å². The molecule has 6 nitrogen and oxygen atoms in total. The minimum atomic E-state index is -4.47. The van der Waals surface area contributed by atoms with E-state index in [2.05, 4.69) is 10.1 Å². The van der Waals surface area contributed by atoms with Gasteiger partial charge in [0.15, 0.2) is 0 Å². The van der Waals surface area contributed by atoms with Gasteiger partial charge in [-0.05, 0) is 31.6 Å². The number of alkyl halides is 3. The van der Waals surface area contributed by atoms with E-state index in [1.165, 1.54) is 12.1 Å². The first-order chi connectivity index (χ1) is 12.6. The van der Waals surface area contributed by atoms with Crippen molar-refractivity contribution in [3.8, 4) is 5.82 Å². The first-order valence-electron chi connectivity index (χ1n) is 8.15. The van der Waals surface area contributed by atoms with E-state index in [4.69, 9.17) is 0 Å². The number of hydrogen-bond acceptors (Lipinski definition) is 3. The van der Waals surface area contributed by atoms with Crippen molar-refractivity contribution in [3.63, 3.8) is 0 Å². The molecule has 1 N–H and O–H groups in total. The summed E-state index contributed by atoms with van der Waals surface area (Å²) in [6, 6.07) is 2.57. The molecule has 0 atom stereocenters. The Bertz CT molecular complexity index is 1060. The molecule has 0 fully saturated rings. The summed E-state index contributed by atoms with van der Waals surface area (Å²) in [6.45, 7) is 3.47. The van der Waals surface area contributed by atoms with Gasteiger partial charge in [0.1, 0.15) is 11.5 Å². The number of rotatable bonds is 4. The van der Waals surface area contributed by atoms with Gasteiger partial charge >= 0.3 is 12.1 Å². The van der Waals surface area contributed by atoms with Crippen molar-refractivity contribution in [2.75, 3.05) is 0 Å². The number of nitrogens with zero attached hydrogens (tertiary/aromatic N) is 4. The molecule has 3 aromatic rings. The molecule has 3 rings (SSSR count). The molecule has 0 unspecified atom stereocenters. The van der Waals surface area contributed by atoms with Gasteiger partial charge in [-0.3, -0.25) is 9.25 Å². The number of aryl methyl sites for hydroxylation is 2. The lowest BCUT2D eigenvalue weighted by atomic mass is 10.1. The molecular weight excluding hydrogens is 361 g/mol. The lowest BCUT2D eigenvalue weighted by molar-refractivity contribution is -0.137. The van der Waals surface area contributed by atoms with E-state index in [1.54, 1.807) is 36.3 Å². The summed E-state index contributed by atoms with van der Waals surface area (Å²) in [5.41, 5.74) is 0.891. The fraction of sp³-hybridized carbons (Fsp3) is 0.278. The van der Waals surface area contributed by atoms with Crippen LogP contribution in [0.5, 0.6) is 0 Å². The zero-order chi connectivity index (χ0) is 19.9. The molecule has 142 valence electrons. The molecule has 0 saturated heterocycles. The molecule has 27 heavy (non-hydrogen) atoms. The highest BCUT2D eigenvalue weighted by molar-refractivity contribution is 5.93. The Hall–Kier alpha value is -3.10. The van der Waals surface area contributed by atoms with Crippen LogP contribution in [-0.2, 0) is 18.0 Å². The lowest BCUT2D eigenvalue weighted by Crippen LogP contribution is -2.07. The molecule has 0 spiro atoms. The summed E-state index contributed by atoms with van der Waals surface area (Å²) in [7, 11) is 1.68. The van der Waals surface area contributed by atoms with Crippen LogP contribution in [0.2, 0.25) is 0 Å². The summed E-state index contributed by atoms with van der Waals surface area (Å²) in [4.78, 5) is 15.3. The standard InChI is InChI=1S/C18H17F3N4O2/c1-4-11(17(26)27)8-14-10(2)23-24(3)16(14)25-6-5-12-7-13(18(19,20)21)9-22-15(12)25/h5-9H,4H2,1-3H3,(H,26,27)/b11-8+. The third kappa shape index (κ3) is 3.32. The van der Waals surface area contributed by atoms with E-state index >= 15 is 0 Å². The van der Waals surface area contributed by atoms with E-state index < -0.39 is 17.7 Å². The van der Waals surface area contributed by atoms with Crippen LogP contribution in [0.1, 0.15) is 30.2 Å². The van der Waals surface area contributed by atoms with Crippen molar-refractivity contribution in [2.24, 2.45) is 7.05 Å². The number of fused-ring (bicyclic) bond motifs is 1. The second-order valence-corrected chi connectivity index (χ2v) is 6.09. The second-order valence-electron chi connectivity index (χ2n) is 6.09. The number of aliphatic carboxylic acids is 1. The van der Waals surface area contributed by atoms with E-state index in [0.717, 1.165) is 12.3 Å². The molecule has 0 bridgehead atoms. The predicted molar refractivity (Wildman–Crippen MR) is 93.5 cm³/mol. The van der Waals surface area contributed by atoms with E-state index in [1.807, 2.05) is 0 Å². The van der Waals surface area contributed by atoms with Crippen LogP contribution in [0.25, 0.3) is 22.9 Å². The maximum atomic E-state index is 12.9. The number of carbonyl (C=O) groups is 1. The fourth-order valence-corrected chi connectivity index (χ4v) is 2.96. The summed E-state index contributed by atoms with van der Waals surface area (Å²) in [5.74, 6) is -0.501. The van der Waals surface area contributed by atoms with Gasteiger partial charge in [-0.25, -0.2) is 9.78 Å². The quantitative estimate of drug-likeness (QED) is 0.698. The molecule has 3 aromatic heterocycles.